The molecule has 1 unspecified atom stereocenters. The van der Waals surface area contributed by atoms with Crippen LogP contribution in [0.15, 0.2) is 30.5 Å². The topological polar surface area (TPSA) is 14.2 Å². The lowest BCUT2D eigenvalue weighted by Crippen LogP contribution is -2.09. The van der Waals surface area contributed by atoms with E-state index in [0.717, 1.165) is 24.6 Å². The van der Waals surface area contributed by atoms with Gasteiger partial charge in [-0.2, -0.15) is 0 Å². The Bertz CT molecular complexity index is 514. The van der Waals surface area contributed by atoms with Crippen molar-refractivity contribution in [3.05, 3.63) is 35.5 Å². The lowest BCUT2D eigenvalue weighted by atomic mass is 10.2. The number of aromatic nitrogens is 1. The SMILES string of the molecule is Clc1ccc2c(ccn2CCC2CCCO2)c1. The molecule has 1 aromatic carbocycles. The predicted octanol–water partition coefficient (Wildman–Crippen LogP) is 3.86. The Morgan fingerprint density at radius 1 is 1.35 bits per heavy atom. The molecule has 3 heteroatoms. The van der Waals surface area contributed by atoms with E-state index >= 15 is 0 Å². The summed E-state index contributed by atoms with van der Waals surface area (Å²) in [4.78, 5) is 0. The van der Waals surface area contributed by atoms with Gasteiger partial charge in [-0.25, -0.2) is 0 Å². The van der Waals surface area contributed by atoms with Gasteiger partial charge in [0.15, 0.2) is 0 Å². The zero-order chi connectivity index (χ0) is 11.7. The minimum absolute atomic E-state index is 0.458. The maximum absolute atomic E-state index is 5.98. The first-order valence-electron chi connectivity index (χ1n) is 6.19. The van der Waals surface area contributed by atoms with Crippen LogP contribution < -0.4 is 0 Å². The van der Waals surface area contributed by atoms with Crippen LogP contribution in [0.3, 0.4) is 0 Å². The van der Waals surface area contributed by atoms with Gasteiger partial charge in [0.1, 0.15) is 0 Å². The van der Waals surface area contributed by atoms with Crippen LogP contribution in [0.1, 0.15) is 19.3 Å². The van der Waals surface area contributed by atoms with Crippen LogP contribution in [0.25, 0.3) is 10.9 Å². The third-order valence-corrected chi connectivity index (χ3v) is 3.68. The second-order valence-electron chi connectivity index (χ2n) is 4.64. The first-order valence-corrected chi connectivity index (χ1v) is 6.57. The van der Waals surface area contributed by atoms with Gasteiger partial charge in [0.25, 0.3) is 0 Å². The van der Waals surface area contributed by atoms with Gasteiger partial charge in [-0.05, 0) is 43.5 Å². The molecule has 2 aromatic rings. The van der Waals surface area contributed by atoms with Crippen LogP contribution in [-0.4, -0.2) is 17.3 Å². The third-order valence-electron chi connectivity index (χ3n) is 3.45. The molecule has 0 amide bonds. The van der Waals surface area contributed by atoms with Crippen molar-refractivity contribution >= 4 is 22.5 Å². The van der Waals surface area contributed by atoms with Gasteiger partial charge in [-0.1, -0.05) is 11.6 Å². The number of fused-ring (bicyclic) bond motifs is 1. The summed E-state index contributed by atoms with van der Waals surface area (Å²) in [5.41, 5.74) is 1.26. The van der Waals surface area contributed by atoms with Crippen molar-refractivity contribution in [3.8, 4) is 0 Å². The maximum Gasteiger partial charge on any atom is 0.0593 e. The summed E-state index contributed by atoms with van der Waals surface area (Å²) >= 11 is 5.98. The summed E-state index contributed by atoms with van der Waals surface area (Å²) in [6.45, 7) is 1.96. The highest BCUT2D eigenvalue weighted by molar-refractivity contribution is 6.31. The van der Waals surface area contributed by atoms with Gasteiger partial charge in [0, 0.05) is 35.3 Å². The number of ether oxygens (including phenoxy) is 1. The van der Waals surface area contributed by atoms with E-state index in [1.165, 1.54) is 23.7 Å². The standard InChI is InChI=1S/C14H16ClNO/c15-12-3-4-14-11(10-12)5-7-16(14)8-6-13-2-1-9-17-13/h3-5,7,10,13H,1-2,6,8-9H2. The Balaban J connectivity index is 1.76. The van der Waals surface area contributed by atoms with Gasteiger partial charge >= 0.3 is 0 Å². The molecule has 0 saturated carbocycles. The normalized spacial score (nSPS) is 20.2. The zero-order valence-electron chi connectivity index (χ0n) is 9.73. The molecule has 2 nitrogen and oxygen atoms in total. The number of aryl methyl sites for hydroxylation is 1. The number of hydrogen-bond acceptors (Lipinski definition) is 1. The molecule has 90 valence electrons. The van der Waals surface area contributed by atoms with Gasteiger partial charge in [-0.15, -0.1) is 0 Å². The van der Waals surface area contributed by atoms with Crippen molar-refractivity contribution in [2.24, 2.45) is 0 Å². The molecule has 0 spiro atoms. The Hall–Kier alpha value is -0.990. The fraction of sp³-hybridized carbons (Fsp3) is 0.429. The molecule has 1 aliphatic rings. The number of rotatable bonds is 3. The van der Waals surface area contributed by atoms with Gasteiger partial charge in [-0.3, -0.25) is 0 Å². The Morgan fingerprint density at radius 2 is 2.29 bits per heavy atom. The van der Waals surface area contributed by atoms with Crippen molar-refractivity contribution in [2.75, 3.05) is 6.61 Å². The summed E-state index contributed by atoms with van der Waals surface area (Å²) < 4.78 is 7.93. The molecule has 3 rings (SSSR count). The smallest absolute Gasteiger partial charge is 0.0593 e. The van der Waals surface area contributed by atoms with Gasteiger partial charge in [0.2, 0.25) is 0 Å². The highest BCUT2D eigenvalue weighted by Gasteiger charge is 2.15. The summed E-state index contributed by atoms with van der Waals surface area (Å²) in [7, 11) is 0. The molecule has 0 N–H and O–H groups in total. The molecule has 1 aliphatic heterocycles. The van der Waals surface area contributed by atoms with Crippen molar-refractivity contribution in [2.45, 2.75) is 31.9 Å². The van der Waals surface area contributed by atoms with Gasteiger partial charge < -0.3 is 9.30 Å². The van der Waals surface area contributed by atoms with E-state index < -0.39 is 0 Å². The first-order chi connectivity index (χ1) is 8.33. The number of halogens is 1. The summed E-state index contributed by atoms with van der Waals surface area (Å²) in [6, 6.07) is 8.18. The molecule has 1 aromatic heterocycles. The summed E-state index contributed by atoms with van der Waals surface area (Å²) in [5, 5.41) is 2.01. The fourth-order valence-corrected chi connectivity index (χ4v) is 2.70. The molecule has 1 atom stereocenters. The second kappa shape index (κ2) is 4.71. The van der Waals surface area contributed by atoms with Crippen molar-refractivity contribution in [1.29, 1.82) is 0 Å². The predicted molar refractivity (Wildman–Crippen MR) is 70.5 cm³/mol. The molecule has 1 fully saturated rings. The monoisotopic (exact) mass is 249 g/mol. The van der Waals surface area contributed by atoms with Crippen LogP contribution in [0.2, 0.25) is 5.02 Å². The number of hydrogen-bond donors (Lipinski definition) is 0. The zero-order valence-corrected chi connectivity index (χ0v) is 10.5. The number of benzene rings is 1. The van der Waals surface area contributed by atoms with Crippen molar-refractivity contribution in [1.82, 2.24) is 4.57 Å². The van der Waals surface area contributed by atoms with E-state index in [9.17, 15) is 0 Å². The van der Waals surface area contributed by atoms with Crippen LogP contribution in [0, 0.1) is 0 Å². The molecular weight excluding hydrogens is 234 g/mol. The molecule has 0 bridgehead atoms. The molecule has 0 aliphatic carbocycles. The summed E-state index contributed by atoms with van der Waals surface area (Å²) in [6.07, 6.45) is 6.12. The van der Waals surface area contributed by atoms with Crippen LogP contribution >= 0.6 is 11.6 Å². The number of nitrogens with zero attached hydrogens (tertiary/aromatic N) is 1. The van der Waals surface area contributed by atoms with Crippen LogP contribution in [0.5, 0.6) is 0 Å². The van der Waals surface area contributed by atoms with Crippen LogP contribution in [0.4, 0.5) is 0 Å². The maximum atomic E-state index is 5.98. The Kier molecular flexibility index (Phi) is 3.08. The van der Waals surface area contributed by atoms with Crippen molar-refractivity contribution < 1.29 is 4.74 Å². The average Bonchev–Trinajstić information content (AvgIpc) is 2.94. The highest BCUT2D eigenvalue weighted by Crippen LogP contribution is 2.22. The summed E-state index contributed by atoms with van der Waals surface area (Å²) in [5.74, 6) is 0. The Labute approximate surface area is 106 Å². The third kappa shape index (κ3) is 2.33. The average molecular weight is 250 g/mol. The molecule has 0 radical (unpaired) electrons. The molecule has 1 saturated heterocycles. The fourth-order valence-electron chi connectivity index (χ4n) is 2.52. The first kappa shape index (κ1) is 11.1. The molecule has 17 heavy (non-hydrogen) atoms. The van der Waals surface area contributed by atoms with Crippen LogP contribution in [-0.2, 0) is 11.3 Å². The van der Waals surface area contributed by atoms with E-state index in [0.29, 0.717) is 6.10 Å². The van der Waals surface area contributed by atoms with E-state index in [-0.39, 0.29) is 0 Å². The molecule has 2 heterocycles. The Morgan fingerprint density at radius 3 is 3.12 bits per heavy atom. The highest BCUT2D eigenvalue weighted by atomic mass is 35.5. The minimum atomic E-state index is 0.458. The van der Waals surface area contributed by atoms with E-state index in [4.69, 9.17) is 16.3 Å². The van der Waals surface area contributed by atoms with Gasteiger partial charge in [0.05, 0.1) is 6.10 Å². The van der Waals surface area contributed by atoms with E-state index in [1.807, 2.05) is 12.1 Å². The van der Waals surface area contributed by atoms with Crippen molar-refractivity contribution in [3.63, 3.8) is 0 Å². The lowest BCUT2D eigenvalue weighted by molar-refractivity contribution is 0.101. The second-order valence-corrected chi connectivity index (χ2v) is 5.07. The van der Waals surface area contributed by atoms with E-state index in [1.54, 1.807) is 0 Å². The lowest BCUT2D eigenvalue weighted by Gasteiger charge is -2.10. The minimum Gasteiger partial charge on any atom is -0.378 e. The largest absolute Gasteiger partial charge is 0.378 e. The molecular formula is C14H16ClNO. The quantitative estimate of drug-likeness (QED) is 0.806. The van der Waals surface area contributed by atoms with E-state index in [2.05, 4.69) is 22.9 Å².